The van der Waals surface area contributed by atoms with Crippen LogP contribution >= 0.6 is 0 Å². The van der Waals surface area contributed by atoms with Crippen molar-refractivity contribution in [3.8, 4) is 5.75 Å². The second kappa shape index (κ2) is 8.47. The van der Waals surface area contributed by atoms with E-state index in [1.54, 1.807) is 38.3 Å². The molecule has 4 amide bonds. The highest BCUT2D eigenvalue weighted by atomic mass is 16.5. The first-order valence-electron chi connectivity index (χ1n) is 11.4. The second-order valence-electron chi connectivity index (χ2n) is 8.72. The lowest BCUT2D eigenvalue weighted by Gasteiger charge is -2.22. The van der Waals surface area contributed by atoms with Crippen LogP contribution in [0.1, 0.15) is 19.4 Å². The highest BCUT2D eigenvalue weighted by Crippen LogP contribution is 2.32. The van der Waals surface area contributed by atoms with Crippen molar-refractivity contribution in [1.82, 2.24) is 14.8 Å². The number of carbonyl (C=O) groups is 3. The summed E-state index contributed by atoms with van der Waals surface area (Å²) in [5, 5.41) is 7.69. The Balaban J connectivity index is 1.36. The fraction of sp³-hybridized carbons (Fsp3) is 0.222. The van der Waals surface area contributed by atoms with Gasteiger partial charge in [-0.1, -0.05) is 30.3 Å². The minimum absolute atomic E-state index is 0.384. The Morgan fingerprint density at radius 2 is 1.71 bits per heavy atom. The van der Waals surface area contributed by atoms with Crippen molar-refractivity contribution < 1.29 is 19.1 Å². The molecule has 1 aliphatic heterocycles. The summed E-state index contributed by atoms with van der Waals surface area (Å²) in [6.07, 6.45) is 0. The van der Waals surface area contributed by atoms with E-state index in [0.29, 0.717) is 17.0 Å². The van der Waals surface area contributed by atoms with Gasteiger partial charge >= 0.3 is 6.03 Å². The maximum atomic E-state index is 13.2. The van der Waals surface area contributed by atoms with Gasteiger partial charge in [-0.05, 0) is 55.8 Å². The normalized spacial score (nSPS) is 17.7. The molecule has 4 aromatic rings. The van der Waals surface area contributed by atoms with Gasteiger partial charge in [0.25, 0.3) is 5.91 Å². The van der Waals surface area contributed by atoms with E-state index in [0.717, 1.165) is 33.3 Å². The number of benzene rings is 3. The minimum Gasteiger partial charge on any atom is -0.497 e. The van der Waals surface area contributed by atoms with Crippen LogP contribution in [0.15, 0.2) is 66.7 Å². The molecule has 1 atom stereocenters. The third-order valence-corrected chi connectivity index (χ3v) is 6.62. The van der Waals surface area contributed by atoms with E-state index >= 15 is 0 Å². The van der Waals surface area contributed by atoms with Gasteiger partial charge in [0.15, 0.2) is 0 Å². The van der Waals surface area contributed by atoms with Crippen LogP contribution in [0.3, 0.4) is 0 Å². The van der Waals surface area contributed by atoms with Crippen LogP contribution in [0.5, 0.6) is 5.75 Å². The Morgan fingerprint density at radius 3 is 2.43 bits per heavy atom. The number of nitrogens with zero attached hydrogens (tertiary/aromatic N) is 2. The van der Waals surface area contributed by atoms with Gasteiger partial charge in [-0.2, -0.15) is 0 Å². The topological polar surface area (TPSA) is 92.7 Å². The van der Waals surface area contributed by atoms with Crippen LogP contribution in [0, 0.1) is 0 Å². The molecule has 0 radical (unpaired) electrons. The summed E-state index contributed by atoms with van der Waals surface area (Å²) in [7, 11) is 1.55. The summed E-state index contributed by atoms with van der Waals surface area (Å²) in [6, 6.07) is 20.2. The smallest absolute Gasteiger partial charge is 0.325 e. The first-order chi connectivity index (χ1) is 16.9. The predicted octanol–water partition coefficient (Wildman–Crippen LogP) is 4.23. The number of methoxy groups -OCH3 is 1. The molecule has 1 aromatic heterocycles. The molecule has 5 rings (SSSR count). The largest absolute Gasteiger partial charge is 0.497 e. The molecule has 1 fully saturated rings. The van der Waals surface area contributed by atoms with E-state index in [4.69, 9.17) is 4.74 Å². The molecule has 0 bridgehead atoms. The molecular formula is C27H26N4O4. The minimum atomic E-state index is -1.26. The summed E-state index contributed by atoms with van der Waals surface area (Å²) in [5.74, 6) is -0.292. The summed E-state index contributed by atoms with van der Waals surface area (Å²) in [4.78, 5) is 39.6. The lowest BCUT2D eigenvalue weighted by atomic mass is 9.92. The fourth-order valence-corrected chi connectivity index (χ4v) is 4.78. The van der Waals surface area contributed by atoms with Crippen LogP contribution in [-0.2, 0) is 21.7 Å². The van der Waals surface area contributed by atoms with Crippen LogP contribution in [-0.4, -0.2) is 41.0 Å². The number of anilines is 1. The van der Waals surface area contributed by atoms with Gasteiger partial charge in [-0.25, -0.2) is 4.79 Å². The van der Waals surface area contributed by atoms with Crippen LogP contribution in [0.4, 0.5) is 10.5 Å². The lowest BCUT2D eigenvalue weighted by molar-refractivity contribution is -0.133. The molecule has 2 heterocycles. The van der Waals surface area contributed by atoms with Gasteiger partial charge in [0, 0.05) is 34.0 Å². The van der Waals surface area contributed by atoms with Gasteiger partial charge in [0.1, 0.15) is 17.8 Å². The number of amides is 4. The molecule has 0 unspecified atom stereocenters. The van der Waals surface area contributed by atoms with Crippen molar-refractivity contribution in [1.29, 1.82) is 0 Å². The Bertz CT molecular complexity index is 1470. The summed E-state index contributed by atoms with van der Waals surface area (Å²) in [6.45, 7) is 4.17. The SMILES string of the molecule is CCn1c2ccccc2c2cc(NC(=O)CN3C(=O)N[C@@](C)(c4ccc(OC)cc4)C3=O)ccc21. The molecule has 0 aliphatic carbocycles. The number of imide groups is 1. The zero-order valence-electron chi connectivity index (χ0n) is 19.8. The first kappa shape index (κ1) is 22.5. The number of para-hydroxylation sites is 1. The van der Waals surface area contributed by atoms with Gasteiger partial charge in [0.2, 0.25) is 5.91 Å². The maximum absolute atomic E-state index is 13.2. The Hall–Kier alpha value is -4.33. The monoisotopic (exact) mass is 470 g/mol. The predicted molar refractivity (Wildman–Crippen MR) is 134 cm³/mol. The summed E-state index contributed by atoms with van der Waals surface area (Å²) in [5.41, 5.74) is 2.16. The van der Waals surface area contributed by atoms with Crippen molar-refractivity contribution in [2.45, 2.75) is 25.9 Å². The molecule has 178 valence electrons. The lowest BCUT2D eigenvalue weighted by Crippen LogP contribution is -2.42. The number of carbonyl (C=O) groups excluding carboxylic acids is 3. The average molecular weight is 471 g/mol. The van der Waals surface area contributed by atoms with Crippen molar-refractivity contribution in [2.75, 3.05) is 19.0 Å². The molecule has 1 saturated heterocycles. The number of rotatable bonds is 6. The van der Waals surface area contributed by atoms with E-state index in [-0.39, 0.29) is 6.54 Å². The standard InChI is InChI=1S/C27H26N4O4/c1-4-30-22-8-6-5-7-20(22)21-15-18(11-14-23(21)30)28-24(32)16-31-25(33)27(2,29-26(31)34)17-9-12-19(35-3)13-10-17/h5-15H,4,16H2,1-3H3,(H,28,32)(H,29,34)/t27-/m0/s1. The Labute approximate surface area is 202 Å². The molecule has 35 heavy (non-hydrogen) atoms. The molecule has 0 spiro atoms. The number of aryl methyl sites for hydroxylation is 1. The number of urea groups is 1. The maximum Gasteiger partial charge on any atom is 0.325 e. The van der Waals surface area contributed by atoms with Crippen LogP contribution in [0.25, 0.3) is 21.8 Å². The second-order valence-corrected chi connectivity index (χ2v) is 8.72. The molecule has 0 saturated carbocycles. The van der Waals surface area contributed by atoms with Crippen molar-refractivity contribution in [2.24, 2.45) is 0 Å². The molecule has 3 aromatic carbocycles. The molecular weight excluding hydrogens is 444 g/mol. The zero-order valence-corrected chi connectivity index (χ0v) is 19.8. The fourth-order valence-electron chi connectivity index (χ4n) is 4.78. The van der Waals surface area contributed by atoms with E-state index in [1.807, 2.05) is 30.3 Å². The number of hydrogen-bond acceptors (Lipinski definition) is 4. The van der Waals surface area contributed by atoms with Gasteiger partial charge in [0.05, 0.1) is 7.11 Å². The van der Waals surface area contributed by atoms with Gasteiger partial charge in [-0.15, -0.1) is 0 Å². The van der Waals surface area contributed by atoms with Crippen LogP contribution < -0.4 is 15.4 Å². The summed E-state index contributed by atoms with van der Waals surface area (Å²) >= 11 is 0. The quantitative estimate of drug-likeness (QED) is 0.413. The third-order valence-electron chi connectivity index (χ3n) is 6.62. The van der Waals surface area contributed by atoms with E-state index in [9.17, 15) is 14.4 Å². The molecule has 8 heteroatoms. The van der Waals surface area contributed by atoms with Crippen molar-refractivity contribution in [3.05, 3.63) is 72.3 Å². The van der Waals surface area contributed by atoms with E-state index < -0.39 is 23.4 Å². The Morgan fingerprint density at radius 1 is 1.00 bits per heavy atom. The van der Waals surface area contributed by atoms with Gasteiger partial charge in [-0.3, -0.25) is 14.5 Å². The number of hydrogen-bond donors (Lipinski definition) is 2. The number of nitrogens with one attached hydrogen (secondary N) is 2. The molecule has 2 N–H and O–H groups in total. The summed E-state index contributed by atoms with van der Waals surface area (Å²) < 4.78 is 7.39. The van der Waals surface area contributed by atoms with Crippen molar-refractivity contribution in [3.63, 3.8) is 0 Å². The van der Waals surface area contributed by atoms with E-state index in [1.165, 1.54) is 0 Å². The number of ether oxygens (including phenoxy) is 1. The highest BCUT2D eigenvalue weighted by molar-refractivity contribution is 6.12. The molecule has 1 aliphatic rings. The Kier molecular flexibility index (Phi) is 5.43. The van der Waals surface area contributed by atoms with Gasteiger partial charge < -0.3 is 19.9 Å². The third kappa shape index (κ3) is 3.67. The highest BCUT2D eigenvalue weighted by Gasteiger charge is 2.49. The molecule has 8 nitrogen and oxygen atoms in total. The van der Waals surface area contributed by atoms with E-state index in [2.05, 4.69) is 34.3 Å². The number of fused-ring (bicyclic) bond motifs is 3. The van der Waals surface area contributed by atoms with Crippen molar-refractivity contribution >= 4 is 45.3 Å². The average Bonchev–Trinajstić information content (AvgIpc) is 3.30. The number of aromatic nitrogens is 1. The first-order valence-corrected chi connectivity index (χ1v) is 11.4. The van der Waals surface area contributed by atoms with Crippen LogP contribution in [0.2, 0.25) is 0 Å². The zero-order chi connectivity index (χ0) is 24.7.